The quantitative estimate of drug-likeness (QED) is 0.897. The van der Waals surface area contributed by atoms with Crippen LogP contribution in [0.3, 0.4) is 0 Å². The number of hydrogen-bond acceptors (Lipinski definition) is 4. The number of aromatic nitrogens is 1. The van der Waals surface area contributed by atoms with Gasteiger partial charge in [-0.1, -0.05) is 12.1 Å². The number of carbonyl (C=O) groups excluding carboxylic acids is 1. The second-order valence-electron chi connectivity index (χ2n) is 7.17. The summed E-state index contributed by atoms with van der Waals surface area (Å²) in [5.41, 5.74) is 1.28. The molecule has 4 rings (SSSR count). The average Bonchev–Trinajstić information content (AvgIpc) is 3.20. The van der Waals surface area contributed by atoms with E-state index in [-0.39, 0.29) is 24.2 Å². The Labute approximate surface area is 151 Å². The second kappa shape index (κ2) is 6.45. The number of β-amino-alcohol motifs (C(OH)–C–C–N with tert-alkyl or cyclic N) is 1. The SMILES string of the molecule is Cc1ncccc1C(=O)N1C[C@@H](O)[C@@]2(C[C@@H](c3cccc(F)c3)CO2)C1. The van der Waals surface area contributed by atoms with E-state index in [4.69, 9.17) is 4.74 Å². The van der Waals surface area contributed by atoms with E-state index in [1.807, 2.05) is 6.07 Å². The third-order valence-electron chi connectivity index (χ3n) is 5.47. The lowest BCUT2D eigenvalue weighted by Crippen LogP contribution is -2.41. The van der Waals surface area contributed by atoms with E-state index in [0.717, 1.165) is 5.56 Å². The molecule has 2 aliphatic rings. The zero-order valence-corrected chi connectivity index (χ0v) is 14.6. The van der Waals surface area contributed by atoms with Gasteiger partial charge in [-0.25, -0.2) is 4.39 Å². The Morgan fingerprint density at radius 3 is 3.00 bits per heavy atom. The van der Waals surface area contributed by atoms with Gasteiger partial charge in [0.15, 0.2) is 0 Å². The number of aliphatic hydroxyl groups is 1. The minimum absolute atomic E-state index is 0.00975. The zero-order chi connectivity index (χ0) is 18.3. The third kappa shape index (κ3) is 2.89. The molecule has 1 amide bonds. The molecule has 136 valence electrons. The molecule has 3 heterocycles. The molecular formula is C20H21FN2O3. The monoisotopic (exact) mass is 356 g/mol. The molecule has 2 aromatic rings. The topological polar surface area (TPSA) is 62.7 Å². The van der Waals surface area contributed by atoms with Crippen molar-refractivity contribution in [1.29, 1.82) is 0 Å². The van der Waals surface area contributed by atoms with Crippen LogP contribution in [0.4, 0.5) is 4.39 Å². The molecular weight excluding hydrogens is 335 g/mol. The van der Waals surface area contributed by atoms with E-state index in [1.165, 1.54) is 12.1 Å². The van der Waals surface area contributed by atoms with Crippen molar-refractivity contribution in [3.63, 3.8) is 0 Å². The van der Waals surface area contributed by atoms with Crippen LogP contribution in [-0.2, 0) is 4.74 Å². The summed E-state index contributed by atoms with van der Waals surface area (Å²) in [6, 6.07) is 9.95. The first-order valence-electron chi connectivity index (χ1n) is 8.77. The molecule has 0 saturated carbocycles. The fourth-order valence-corrected chi connectivity index (χ4v) is 4.02. The maximum absolute atomic E-state index is 13.5. The molecule has 1 spiro atoms. The van der Waals surface area contributed by atoms with E-state index in [2.05, 4.69) is 4.98 Å². The molecule has 1 aromatic heterocycles. The molecule has 2 fully saturated rings. The Hall–Kier alpha value is -2.31. The van der Waals surface area contributed by atoms with E-state index < -0.39 is 11.7 Å². The maximum atomic E-state index is 13.5. The zero-order valence-electron chi connectivity index (χ0n) is 14.6. The number of aryl methyl sites for hydroxylation is 1. The largest absolute Gasteiger partial charge is 0.388 e. The Morgan fingerprint density at radius 2 is 2.23 bits per heavy atom. The molecule has 6 heteroatoms. The normalized spacial score (nSPS) is 28.0. The first-order valence-corrected chi connectivity index (χ1v) is 8.77. The molecule has 2 saturated heterocycles. The van der Waals surface area contributed by atoms with E-state index in [0.29, 0.717) is 30.8 Å². The van der Waals surface area contributed by atoms with Gasteiger partial charge in [-0.3, -0.25) is 9.78 Å². The minimum Gasteiger partial charge on any atom is -0.388 e. The summed E-state index contributed by atoms with van der Waals surface area (Å²) in [7, 11) is 0. The molecule has 0 bridgehead atoms. The number of rotatable bonds is 2. The van der Waals surface area contributed by atoms with Crippen molar-refractivity contribution in [2.75, 3.05) is 19.7 Å². The van der Waals surface area contributed by atoms with Gasteiger partial charge in [0.2, 0.25) is 0 Å². The van der Waals surface area contributed by atoms with Gasteiger partial charge in [-0.2, -0.15) is 0 Å². The number of amides is 1. The van der Waals surface area contributed by atoms with Gasteiger partial charge >= 0.3 is 0 Å². The number of halogens is 1. The van der Waals surface area contributed by atoms with Gasteiger partial charge in [0.05, 0.1) is 18.7 Å². The molecule has 1 aromatic carbocycles. The van der Waals surface area contributed by atoms with Crippen LogP contribution in [0.2, 0.25) is 0 Å². The molecule has 2 aliphatic heterocycles. The van der Waals surface area contributed by atoms with Crippen molar-refractivity contribution in [3.8, 4) is 0 Å². The third-order valence-corrected chi connectivity index (χ3v) is 5.47. The summed E-state index contributed by atoms with van der Waals surface area (Å²) >= 11 is 0. The number of aliphatic hydroxyl groups excluding tert-OH is 1. The predicted octanol–water partition coefficient (Wildman–Crippen LogP) is 2.29. The predicted molar refractivity (Wildman–Crippen MR) is 93.3 cm³/mol. The lowest BCUT2D eigenvalue weighted by Gasteiger charge is -2.26. The number of ether oxygens (including phenoxy) is 1. The molecule has 3 atom stereocenters. The highest BCUT2D eigenvalue weighted by molar-refractivity contribution is 5.95. The number of benzene rings is 1. The van der Waals surface area contributed by atoms with Crippen LogP contribution >= 0.6 is 0 Å². The van der Waals surface area contributed by atoms with E-state index in [1.54, 1.807) is 36.2 Å². The van der Waals surface area contributed by atoms with Crippen LogP contribution in [0, 0.1) is 12.7 Å². The Bertz CT molecular complexity index is 843. The summed E-state index contributed by atoms with van der Waals surface area (Å²) in [5.74, 6) is -0.417. The van der Waals surface area contributed by atoms with Gasteiger partial charge in [0, 0.05) is 24.4 Å². The van der Waals surface area contributed by atoms with Gasteiger partial charge in [-0.05, 0) is 43.2 Å². The van der Waals surface area contributed by atoms with Gasteiger partial charge < -0.3 is 14.7 Å². The molecule has 5 nitrogen and oxygen atoms in total. The number of pyridine rings is 1. The first kappa shape index (κ1) is 17.1. The Morgan fingerprint density at radius 1 is 1.38 bits per heavy atom. The van der Waals surface area contributed by atoms with Crippen molar-refractivity contribution < 1.29 is 19.0 Å². The summed E-state index contributed by atoms with van der Waals surface area (Å²) in [6.07, 6.45) is 1.45. The van der Waals surface area contributed by atoms with Crippen molar-refractivity contribution in [1.82, 2.24) is 9.88 Å². The number of nitrogens with zero attached hydrogens (tertiary/aromatic N) is 2. The molecule has 26 heavy (non-hydrogen) atoms. The van der Waals surface area contributed by atoms with Gasteiger partial charge in [-0.15, -0.1) is 0 Å². The molecule has 0 radical (unpaired) electrons. The minimum atomic E-state index is -0.789. The van der Waals surface area contributed by atoms with Gasteiger partial charge in [0.1, 0.15) is 17.5 Å². The van der Waals surface area contributed by atoms with Gasteiger partial charge in [0.25, 0.3) is 5.91 Å². The van der Waals surface area contributed by atoms with Crippen LogP contribution in [0.1, 0.15) is 34.0 Å². The van der Waals surface area contributed by atoms with Crippen LogP contribution < -0.4 is 0 Å². The van der Waals surface area contributed by atoms with Crippen molar-refractivity contribution in [2.24, 2.45) is 0 Å². The van der Waals surface area contributed by atoms with Crippen LogP contribution in [0.5, 0.6) is 0 Å². The van der Waals surface area contributed by atoms with Crippen molar-refractivity contribution >= 4 is 5.91 Å². The summed E-state index contributed by atoms with van der Waals surface area (Å²) in [6.45, 7) is 2.76. The van der Waals surface area contributed by atoms with Crippen LogP contribution in [-0.4, -0.2) is 52.3 Å². The lowest BCUT2D eigenvalue weighted by molar-refractivity contribution is -0.0591. The summed E-state index contributed by atoms with van der Waals surface area (Å²) in [4.78, 5) is 18.6. The molecule has 1 N–H and O–H groups in total. The molecule has 0 unspecified atom stereocenters. The van der Waals surface area contributed by atoms with Crippen LogP contribution in [0.15, 0.2) is 42.6 Å². The highest BCUT2D eigenvalue weighted by Gasteiger charge is 2.53. The highest BCUT2D eigenvalue weighted by Crippen LogP contribution is 2.42. The van der Waals surface area contributed by atoms with Crippen molar-refractivity contribution in [3.05, 3.63) is 65.2 Å². The fourth-order valence-electron chi connectivity index (χ4n) is 4.02. The Balaban J connectivity index is 1.52. The summed E-state index contributed by atoms with van der Waals surface area (Å²) < 4.78 is 19.5. The smallest absolute Gasteiger partial charge is 0.255 e. The Kier molecular flexibility index (Phi) is 4.25. The van der Waals surface area contributed by atoms with Crippen LogP contribution in [0.25, 0.3) is 0 Å². The second-order valence-corrected chi connectivity index (χ2v) is 7.17. The maximum Gasteiger partial charge on any atom is 0.255 e. The van der Waals surface area contributed by atoms with Crippen molar-refractivity contribution in [2.45, 2.75) is 31.0 Å². The highest BCUT2D eigenvalue weighted by atomic mass is 19.1. The first-order chi connectivity index (χ1) is 12.5. The number of hydrogen-bond donors (Lipinski definition) is 1. The van der Waals surface area contributed by atoms with E-state index >= 15 is 0 Å². The molecule has 0 aliphatic carbocycles. The fraction of sp³-hybridized carbons (Fsp3) is 0.400. The average molecular weight is 356 g/mol. The number of likely N-dealkylation sites (tertiary alicyclic amines) is 1. The summed E-state index contributed by atoms with van der Waals surface area (Å²) in [5, 5.41) is 10.6. The van der Waals surface area contributed by atoms with E-state index in [9.17, 15) is 14.3 Å². The number of carbonyl (C=O) groups is 1. The lowest BCUT2D eigenvalue weighted by atomic mass is 9.87. The standard InChI is InChI=1S/C20H21FN2O3/c1-13-17(6-3-7-22-13)19(25)23-10-18(24)20(12-23)9-15(11-26-20)14-4-2-5-16(21)8-14/h2-8,15,18,24H,9-12H2,1H3/t15-,18-,20-/m1/s1.